The first-order valence-corrected chi connectivity index (χ1v) is 7.12. The first kappa shape index (κ1) is 11.7. The zero-order valence-corrected chi connectivity index (χ0v) is 10.7. The van der Waals surface area contributed by atoms with Crippen LogP contribution in [0.5, 0.6) is 0 Å². The second-order valence-electron chi connectivity index (χ2n) is 3.56. The van der Waals surface area contributed by atoms with E-state index in [1.54, 1.807) is 11.3 Å². The molecule has 0 unspecified atom stereocenters. The Balaban J connectivity index is 1.76. The first-order chi connectivity index (χ1) is 7.88. The van der Waals surface area contributed by atoms with Crippen LogP contribution in [0.2, 0.25) is 0 Å². The molecule has 0 aliphatic heterocycles. The summed E-state index contributed by atoms with van der Waals surface area (Å²) in [5.41, 5.74) is 5.47. The Morgan fingerprint density at radius 1 is 1.12 bits per heavy atom. The second-order valence-corrected chi connectivity index (χ2v) is 5.74. The number of aromatic nitrogens is 2. The molecule has 2 rings (SSSR count). The molecule has 0 radical (unpaired) electrons. The number of hydrogen-bond donors (Lipinski definition) is 1. The van der Waals surface area contributed by atoms with Gasteiger partial charge < -0.3 is 5.73 Å². The van der Waals surface area contributed by atoms with Crippen molar-refractivity contribution in [2.45, 2.75) is 25.7 Å². The molecule has 0 aliphatic rings. The van der Waals surface area contributed by atoms with E-state index in [2.05, 4.69) is 27.7 Å². The monoisotopic (exact) mass is 253 g/mol. The SMILES string of the molecule is NCCc1nnc(CCCc2cccs2)s1. The molecule has 0 aliphatic carbocycles. The van der Waals surface area contributed by atoms with E-state index in [1.807, 2.05) is 11.3 Å². The fourth-order valence-corrected chi connectivity index (χ4v) is 3.14. The minimum atomic E-state index is 0.657. The predicted molar refractivity (Wildman–Crippen MR) is 69.0 cm³/mol. The molecule has 2 aromatic rings. The van der Waals surface area contributed by atoms with E-state index in [-0.39, 0.29) is 0 Å². The molecule has 0 saturated heterocycles. The lowest BCUT2D eigenvalue weighted by atomic mass is 10.2. The number of nitrogens with zero attached hydrogens (tertiary/aromatic N) is 2. The lowest BCUT2D eigenvalue weighted by molar-refractivity contribution is 0.804. The van der Waals surface area contributed by atoms with Gasteiger partial charge in [-0.25, -0.2) is 0 Å². The number of hydrogen-bond acceptors (Lipinski definition) is 5. The third-order valence-corrected chi connectivity index (χ3v) is 4.24. The molecule has 0 bridgehead atoms. The maximum atomic E-state index is 5.47. The number of thiophene rings is 1. The quantitative estimate of drug-likeness (QED) is 0.859. The summed E-state index contributed by atoms with van der Waals surface area (Å²) < 4.78 is 0. The van der Waals surface area contributed by atoms with Gasteiger partial charge in [0.2, 0.25) is 0 Å². The summed E-state index contributed by atoms with van der Waals surface area (Å²) in [5, 5.41) is 12.6. The summed E-state index contributed by atoms with van der Waals surface area (Å²) >= 11 is 3.52. The zero-order chi connectivity index (χ0) is 11.2. The summed E-state index contributed by atoms with van der Waals surface area (Å²) in [7, 11) is 0. The van der Waals surface area contributed by atoms with E-state index >= 15 is 0 Å². The number of nitrogens with two attached hydrogens (primary N) is 1. The largest absolute Gasteiger partial charge is 0.330 e. The van der Waals surface area contributed by atoms with Crippen LogP contribution in [0.15, 0.2) is 17.5 Å². The van der Waals surface area contributed by atoms with Crippen LogP contribution in [0.4, 0.5) is 0 Å². The average molecular weight is 253 g/mol. The lowest BCUT2D eigenvalue weighted by Gasteiger charge is -1.94. The molecule has 0 saturated carbocycles. The Kier molecular flexibility index (Phi) is 4.44. The maximum absolute atomic E-state index is 5.47. The maximum Gasteiger partial charge on any atom is 0.118 e. The highest BCUT2D eigenvalue weighted by Crippen LogP contribution is 2.15. The molecule has 0 aromatic carbocycles. The predicted octanol–water partition coefficient (Wildman–Crippen LogP) is 2.28. The van der Waals surface area contributed by atoms with Gasteiger partial charge in [-0.1, -0.05) is 6.07 Å². The third-order valence-electron chi connectivity index (χ3n) is 2.26. The topological polar surface area (TPSA) is 51.8 Å². The van der Waals surface area contributed by atoms with Crippen LogP contribution in [0, 0.1) is 0 Å². The van der Waals surface area contributed by atoms with Crippen LogP contribution >= 0.6 is 22.7 Å². The average Bonchev–Trinajstić information content (AvgIpc) is 2.90. The van der Waals surface area contributed by atoms with Crippen molar-refractivity contribution < 1.29 is 0 Å². The highest BCUT2D eigenvalue weighted by atomic mass is 32.1. The Morgan fingerprint density at radius 3 is 2.62 bits per heavy atom. The third kappa shape index (κ3) is 3.37. The van der Waals surface area contributed by atoms with Gasteiger partial charge in [-0.3, -0.25) is 0 Å². The first-order valence-electron chi connectivity index (χ1n) is 5.42. The van der Waals surface area contributed by atoms with E-state index < -0.39 is 0 Å². The van der Waals surface area contributed by atoms with Crippen molar-refractivity contribution in [2.24, 2.45) is 5.73 Å². The van der Waals surface area contributed by atoms with Gasteiger partial charge in [0.1, 0.15) is 10.0 Å². The van der Waals surface area contributed by atoms with Crippen molar-refractivity contribution in [3.8, 4) is 0 Å². The van der Waals surface area contributed by atoms with Crippen LogP contribution in [0.25, 0.3) is 0 Å². The van der Waals surface area contributed by atoms with Crippen LogP contribution < -0.4 is 5.73 Å². The smallest absolute Gasteiger partial charge is 0.118 e. The Labute approximate surface area is 103 Å². The Bertz CT molecular complexity index is 409. The van der Waals surface area contributed by atoms with E-state index in [0.717, 1.165) is 35.7 Å². The molecule has 0 fully saturated rings. The van der Waals surface area contributed by atoms with Gasteiger partial charge in [0.25, 0.3) is 0 Å². The Morgan fingerprint density at radius 2 is 1.94 bits per heavy atom. The minimum Gasteiger partial charge on any atom is -0.330 e. The molecule has 0 amide bonds. The minimum absolute atomic E-state index is 0.657. The highest BCUT2D eigenvalue weighted by molar-refractivity contribution is 7.11. The molecule has 2 heterocycles. The van der Waals surface area contributed by atoms with Gasteiger partial charge in [-0.15, -0.1) is 32.9 Å². The van der Waals surface area contributed by atoms with Gasteiger partial charge in [0.15, 0.2) is 0 Å². The van der Waals surface area contributed by atoms with Gasteiger partial charge in [0.05, 0.1) is 0 Å². The molecule has 0 spiro atoms. The number of aryl methyl sites for hydroxylation is 2. The summed E-state index contributed by atoms with van der Waals surface area (Å²) in [6.45, 7) is 0.657. The molecular weight excluding hydrogens is 238 g/mol. The van der Waals surface area contributed by atoms with Crippen molar-refractivity contribution in [1.29, 1.82) is 0 Å². The van der Waals surface area contributed by atoms with E-state index in [4.69, 9.17) is 5.73 Å². The molecule has 2 aromatic heterocycles. The fourth-order valence-electron chi connectivity index (χ4n) is 1.48. The van der Waals surface area contributed by atoms with Crippen molar-refractivity contribution in [1.82, 2.24) is 10.2 Å². The van der Waals surface area contributed by atoms with Crippen molar-refractivity contribution in [2.75, 3.05) is 6.54 Å². The number of rotatable bonds is 6. The summed E-state index contributed by atoms with van der Waals surface area (Å²) in [6, 6.07) is 4.29. The fraction of sp³-hybridized carbons (Fsp3) is 0.455. The summed E-state index contributed by atoms with van der Waals surface area (Å²) in [5.74, 6) is 0. The summed E-state index contributed by atoms with van der Waals surface area (Å²) in [4.78, 5) is 1.45. The molecule has 5 heteroatoms. The molecule has 3 nitrogen and oxygen atoms in total. The van der Waals surface area contributed by atoms with E-state index in [0.29, 0.717) is 6.54 Å². The van der Waals surface area contributed by atoms with Gasteiger partial charge in [-0.05, 0) is 30.8 Å². The molecule has 16 heavy (non-hydrogen) atoms. The van der Waals surface area contributed by atoms with Crippen LogP contribution in [-0.2, 0) is 19.3 Å². The lowest BCUT2D eigenvalue weighted by Crippen LogP contribution is -2.01. The standard InChI is InChI=1S/C11H15N3S2/c12-7-6-11-14-13-10(16-11)5-1-3-9-4-2-8-15-9/h2,4,8H,1,3,5-7,12H2. The van der Waals surface area contributed by atoms with E-state index in [1.165, 1.54) is 4.88 Å². The molecule has 0 atom stereocenters. The molecular formula is C11H15N3S2. The molecule has 2 N–H and O–H groups in total. The van der Waals surface area contributed by atoms with E-state index in [9.17, 15) is 0 Å². The second kappa shape index (κ2) is 6.08. The highest BCUT2D eigenvalue weighted by Gasteiger charge is 2.03. The van der Waals surface area contributed by atoms with Gasteiger partial charge in [-0.2, -0.15) is 0 Å². The van der Waals surface area contributed by atoms with Gasteiger partial charge in [0, 0.05) is 17.7 Å². The van der Waals surface area contributed by atoms with Crippen molar-refractivity contribution in [3.05, 3.63) is 32.4 Å². The van der Waals surface area contributed by atoms with Gasteiger partial charge >= 0.3 is 0 Å². The zero-order valence-electron chi connectivity index (χ0n) is 9.06. The van der Waals surface area contributed by atoms with Crippen LogP contribution in [0.1, 0.15) is 21.3 Å². The van der Waals surface area contributed by atoms with Crippen LogP contribution in [0.3, 0.4) is 0 Å². The van der Waals surface area contributed by atoms with Crippen molar-refractivity contribution >= 4 is 22.7 Å². The van der Waals surface area contributed by atoms with Crippen LogP contribution in [-0.4, -0.2) is 16.7 Å². The normalized spacial score (nSPS) is 10.8. The van der Waals surface area contributed by atoms with Crippen molar-refractivity contribution in [3.63, 3.8) is 0 Å². The Hall–Kier alpha value is -0.780. The molecule has 86 valence electrons. The summed E-state index contributed by atoms with van der Waals surface area (Å²) in [6.07, 6.45) is 4.17.